The minimum atomic E-state index is -0.216. The third-order valence-electron chi connectivity index (χ3n) is 6.19. The number of hydrogen-bond acceptors (Lipinski definition) is 5. The summed E-state index contributed by atoms with van der Waals surface area (Å²) in [5.41, 5.74) is 1.71. The van der Waals surface area contributed by atoms with Crippen molar-refractivity contribution in [2.24, 2.45) is 0 Å². The molecule has 1 aromatic heterocycles. The van der Waals surface area contributed by atoms with E-state index in [-0.39, 0.29) is 23.9 Å². The van der Waals surface area contributed by atoms with Crippen LogP contribution in [0.1, 0.15) is 13.3 Å². The normalized spacial score (nSPS) is 14.4. The first-order chi connectivity index (χ1) is 16.5. The summed E-state index contributed by atoms with van der Waals surface area (Å²) in [4.78, 5) is 29.3. The zero-order valence-corrected chi connectivity index (χ0v) is 19.5. The first kappa shape index (κ1) is 23.8. The van der Waals surface area contributed by atoms with Crippen molar-refractivity contribution in [3.8, 4) is 5.75 Å². The molecule has 3 aromatic rings. The highest BCUT2D eigenvalue weighted by Gasteiger charge is 2.17. The van der Waals surface area contributed by atoms with Gasteiger partial charge >= 0.3 is 0 Å². The van der Waals surface area contributed by atoms with E-state index in [1.807, 2.05) is 43.3 Å². The highest BCUT2D eigenvalue weighted by atomic mass is 19.1. The number of nitrogens with zero attached hydrogens (tertiary/aromatic N) is 3. The number of piperazine rings is 1. The second kappa shape index (κ2) is 11.2. The molecular weight excluding hydrogens is 435 g/mol. The molecule has 8 heteroatoms. The molecule has 1 amide bonds. The van der Waals surface area contributed by atoms with E-state index < -0.39 is 0 Å². The van der Waals surface area contributed by atoms with Crippen LogP contribution in [0.4, 0.5) is 10.1 Å². The molecule has 0 spiro atoms. The fourth-order valence-corrected chi connectivity index (χ4v) is 4.36. The molecule has 0 atom stereocenters. The van der Waals surface area contributed by atoms with E-state index in [4.69, 9.17) is 4.74 Å². The highest BCUT2D eigenvalue weighted by Crippen LogP contribution is 2.23. The predicted octanol–water partition coefficient (Wildman–Crippen LogP) is 2.87. The number of hydrogen-bond donors (Lipinski definition) is 1. The Labute approximate surface area is 198 Å². The lowest BCUT2D eigenvalue weighted by Crippen LogP contribution is -2.47. The molecule has 4 rings (SSSR count). The number of carbonyl (C=O) groups is 1. The summed E-state index contributed by atoms with van der Waals surface area (Å²) < 4.78 is 20.5. The van der Waals surface area contributed by atoms with Crippen molar-refractivity contribution in [3.05, 3.63) is 70.8 Å². The predicted molar refractivity (Wildman–Crippen MR) is 132 cm³/mol. The van der Waals surface area contributed by atoms with Crippen LogP contribution in [-0.2, 0) is 11.3 Å². The summed E-state index contributed by atoms with van der Waals surface area (Å²) in [6, 6.07) is 15.6. The van der Waals surface area contributed by atoms with Crippen molar-refractivity contribution >= 4 is 22.5 Å². The van der Waals surface area contributed by atoms with Gasteiger partial charge in [-0.1, -0.05) is 12.1 Å². The number of pyridine rings is 1. The molecule has 180 valence electrons. The van der Waals surface area contributed by atoms with E-state index in [1.165, 1.54) is 18.2 Å². The molecule has 0 radical (unpaired) electrons. The molecule has 1 aliphatic rings. The molecule has 1 aliphatic heterocycles. The first-order valence-electron chi connectivity index (χ1n) is 11.8. The quantitative estimate of drug-likeness (QED) is 0.492. The number of benzene rings is 2. The van der Waals surface area contributed by atoms with Gasteiger partial charge in [-0.05, 0) is 56.3 Å². The number of halogens is 1. The van der Waals surface area contributed by atoms with Gasteiger partial charge in [0.2, 0.25) is 0 Å². The van der Waals surface area contributed by atoms with Crippen LogP contribution < -0.4 is 20.5 Å². The Balaban J connectivity index is 1.18. The molecule has 34 heavy (non-hydrogen) atoms. The zero-order chi connectivity index (χ0) is 23.9. The van der Waals surface area contributed by atoms with Crippen LogP contribution >= 0.6 is 0 Å². The van der Waals surface area contributed by atoms with Crippen molar-refractivity contribution in [2.75, 3.05) is 50.8 Å². The standard InChI is InChI=1S/C26H31FN4O3/c1-2-31-23-7-4-3-6-22(23)24(18-26(31)33)34-19-25(32)28-12-5-13-29-14-16-30(17-15-29)21-10-8-20(27)9-11-21/h3-4,6-11,18H,2,5,12-17,19H2,1H3,(H,28,32). The molecular formula is C26H31FN4O3. The van der Waals surface area contributed by atoms with Gasteiger partial charge in [0.25, 0.3) is 11.5 Å². The van der Waals surface area contributed by atoms with Gasteiger partial charge in [-0.2, -0.15) is 0 Å². The molecule has 0 unspecified atom stereocenters. The summed E-state index contributed by atoms with van der Waals surface area (Å²) in [6.07, 6.45) is 0.845. The third-order valence-corrected chi connectivity index (χ3v) is 6.19. The molecule has 0 bridgehead atoms. The van der Waals surface area contributed by atoms with Crippen LogP contribution in [0.2, 0.25) is 0 Å². The van der Waals surface area contributed by atoms with Gasteiger partial charge in [0.05, 0.1) is 5.52 Å². The Morgan fingerprint density at radius 2 is 1.79 bits per heavy atom. The Kier molecular flexibility index (Phi) is 7.80. The number of aryl methyl sites for hydroxylation is 1. The number of fused-ring (bicyclic) bond motifs is 1. The van der Waals surface area contributed by atoms with Crippen LogP contribution in [0.5, 0.6) is 5.75 Å². The molecule has 7 nitrogen and oxygen atoms in total. The Morgan fingerprint density at radius 3 is 2.53 bits per heavy atom. The van der Waals surface area contributed by atoms with Crippen LogP contribution in [-0.4, -0.2) is 61.2 Å². The molecule has 0 aliphatic carbocycles. The zero-order valence-electron chi connectivity index (χ0n) is 19.5. The van der Waals surface area contributed by atoms with Crippen molar-refractivity contribution < 1.29 is 13.9 Å². The summed E-state index contributed by atoms with van der Waals surface area (Å²) in [6.45, 7) is 7.50. The third kappa shape index (κ3) is 5.75. The fourth-order valence-electron chi connectivity index (χ4n) is 4.36. The van der Waals surface area contributed by atoms with Crippen molar-refractivity contribution in [2.45, 2.75) is 19.9 Å². The summed E-state index contributed by atoms with van der Waals surface area (Å²) in [5, 5.41) is 3.71. The van der Waals surface area contributed by atoms with Crippen molar-refractivity contribution in [1.82, 2.24) is 14.8 Å². The monoisotopic (exact) mass is 466 g/mol. The lowest BCUT2D eigenvalue weighted by atomic mass is 10.2. The summed E-state index contributed by atoms with van der Waals surface area (Å²) in [7, 11) is 0. The van der Waals surface area contributed by atoms with E-state index >= 15 is 0 Å². The maximum absolute atomic E-state index is 13.1. The topological polar surface area (TPSA) is 66.8 Å². The number of para-hydroxylation sites is 1. The number of nitrogens with one attached hydrogen (secondary N) is 1. The van der Waals surface area contributed by atoms with Crippen molar-refractivity contribution in [1.29, 1.82) is 0 Å². The fraction of sp³-hybridized carbons (Fsp3) is 0.385. The molecule has 2 aromatic carbocycles. The maximum atomic E-state index is 13.1. The van der Waals surface area contributed by atoms with E-state index in [2.05, 4.69) is 15.1 Å². The minimum Gasteiger partial charge on any atom is -0.483 e. The van der Waals surface area contributed by atoms with Crippen molar-refractivity contribution in [3.63, 3.8) is 0 Å². The van der Waals surface area contributed by atoms with E-state index in [9.17, 15) is 14.0 Å². The number of aromatic nitrogens is 1. The molecule has 1 saturated heterocycles. The second-order valence-electron chi connectivity index (χ2n) is 8.41. The van der Waals surface area contributed by atoms with Gasteiger partial charge in [-0.15, -0.1) is 0 Å². The molecule has 2 heterocycles. The van der Waals surface area contributed by atoms with E-state index in [0.717, 1.165) is 55.7 Å². The van der Waals surface area contributed by atoms with Gasteiger partial charge < -0.3 is 19.5 Å². The van der Waals surface area contributed by atoms with E-state index in [0.29, 0.717) is 18.8 Å². The van der Waals surface area contributed by atoms with Crippen LogP contribution in [0.3, 0.4) is 0 Å². The van der Waals surface area contributed by atoms with Crippen LogP contribution in [0.15, 0.2) is 59.4 Å². The Hall–Kier alpha value is -3.39. The summed E-state index contributed by atoms with van der Waals surface area (Å²) in [5.74, 6) is 0.0103. The number of rotatable bonds is 9. The number of ether oxygens (including phenoxy) is 1. The average molecular weight is 467 g/mol. The lowest BCUT2D eigenvalue weighted by Gasteiger charge is -2.36. The van der Waals surface area contributed by atoms with Gasteiger partial charge in [0.15, 0.2) is 6.61 Å². The maximum Gasteiger partial charge on any atom is 0.257 e. The number of carbonyl (C=O) groups excluding carboxylic acids is 1. The summed E-state index contributed by atoms with van der Waals surface area (Å²) >= 11 is 0. The number of amides is 1. The van der Waals surface area contributed by atoms with E-state index in [1.54, 1.807) is 4.57 Å². The minimum absolute atomic E-state index is 0.129. The molecule has 1 N–H and O–H groups in total. The SMILES string of the molecule is CCn1c(=O)cc(OCC(=O)NCCCN2CCN(c3ccc(F)cc3)CC2)c2ccccc21. The van der Waals surface area contributed by atoms with Crippen LogP contribution in [0.25, 0.3) is 10.9 Å². The van der Waals surface area contributed by atoms with Gasteiger partial charge in [-0.3, -0.25) is 14.5 Å². The smallest absolute Gasteiger partial charge is 0.257 e. The number of anilines is 1. The lowest BCUT2D eigenvalue weighted by molar-refractivity contribution is -0.123. The Bertz CT molecular complexity index is 1170. The van der Waals surface area contributed by atoms with Crippen LogP contribution in [0, 0.1) is 5.82 Å². The Morgan fingerprint density at radius 1 is 1.06 bits per heavy atom. The highest BCUT2D eigenvalue weighted by molar-refractivity contribution is 5.86. The second-order valence-corrected chi connectivity index (χ2v) is 8.41. The molecule has 1 fully saturated rings. The largest absolute Gasteiger partial charge is 0.483 e. The first-order valence-corrected chi connectivity index (χ1v) is 11.8. The van der Waals surface area contributed by atoms with Gasteiger partial charge in [-0.25, -0.2) is 4.39 Å². The molecule has 0 saturated carbocycles. The van der Waals surface area contributed by atoms with Gasteiger partial charge in [0.1, 0.15) is 11.6 Å². The van der Waals surface area contributed by atoms with Gasteiger partial charge in [0, 0.05) is 56.4 Å². The average Bonchev–Trinajstić information content (AvgIpc) is 2.86.